The molecular weight excluding hydrogens is 196 g/mol. The average molecular weight is 215 g/mol. The summed E-state index contributed by atoms with van der Waals surface area (Å²) in [6.07, 6.45) is 6.31. The molecule has 1 aromatic carbocycles. The van der Waals surface area contributed by atoms with E-state index in [0.29, 0.717) is 0 Å². The number of rotatable bonds is 2. The van der Waals surface area contributed by atoms with Crippen LogP contribution in [0.1, 0.15) is 30.4 Å². The molecule has 1 fully saturated rings. The van der Waals surface area contributed by atoms with Crippen molar-refractivity contribution < 1.29 is 0 Å². The van der Waals surface area contributed by atoms with E-state index in [9.17, 15) is 0 Å². The molecule has 1 aliphatic rings. The molecule has 0 spiro atoms. The van der Waals surface area contributed by atoms with E-state index in [-0.39, 0.29) is 8.80 Å². The molecule has 0 aliphatic carbocycles. The van der Waals surface area contributed by atoms with Crippen LogP contribution in [-0.2, 0) is 0 Å². The van der Waals surface area contributed by atoms with Crippen LogP contribution in [0.2, 0.25) is 12.1 Å². The highest BCUT2D eigenvalue weighted by Gasteiger charge is 2.18. The molecule has 0 bridgehead atoms. The van der Waals surface area contributed by atoms with Crippen LogP contribution < -0.4 is 5.19 Å². The zero-order valence-corrected chi connectivity index (χ0v) is 10.6. The third-order valence-electron chi connectivity index (χ3n) is 3.32. The lowest BCUT2D eigenvalue weighted by Crippen LogP contribution is -2.33. The molecule has 0 atom stereocenters. The average Bonchev–Trinajstić information content (AvgIpc) is 2.30. The van der Waals surface area contributed by atoms with Gasteiger partial charge in [0.15, 0.2) is 0 Å². The monoisotopic (exact) mass is 215 g/mol. The minimum atomic E-state index is -0.215. The van der Waals surface area contributed by atoms with Crippen LogP contribution in [0.15, 0.2) is 24.8 Å². The summed E-state index contributed by atoms with van der Waals surface area (Å²) in [4.78, 5) is 0. The van der Waals surface area contributed by atoms with E-state index >= 15 is 0 Å². The lowest BCUT2D eigenvalue weighted by Gasteiger charge is -2.22. The van der Waals surface area contributed by atoms with E-state index in [0.717, 1.165) is 0 Å². The summed E-state index contributed by atoms with van der Waals surface area (Å²) in [5, 5.41) is 1.67. The van der Waals surface area contributed by atoms with E-state index in [1.165, 1.54) is 42.5 Å². The van der Waals surface area contributed by atoms with Crippen molar-refractivity contribution in [1.82, 2.24) is 0 Å². The van der Waals surface area contributed by atoms with Gasteiger partial charge < -0.3 is 0 Å². The maximum absolute atomic E-state index is 3.82. The Morgan fingerprint density at radius 2 is 1.93 bits per heavy atom. The molecule has 0 aromatic heterocycles. The van der Waals surface area contributed by atoms with Crippen molar-refractivity contribution in [2.45, 2.75) is 38.3 Å². The topological polar surface area (TPSA) is 0 Å². The van der Waals surface area contributed by atoms with Crippen LogP contribution in [0.5, 0.6) is 0 Å². The predicted molar refractivity (Wildman–Crippen MR) is 70.1 cm³/mol. The Bertz CT molecular complexity index is 348. The summed E-state index contributed by atoms with van der Waals surface area (Å²) in [7, 11) is -0.215. The van der Waals surface area contributed by atoms with Crippen molar-refractivity contribution >= 4 is 20.1 Å². The molecule has 1 heterocycles. The molecule has 1 aromatic rings. The first-order chi connectivity index (χ1) is 7.31. The van der Waals surface area contributed by atoms with Gasteiger partial charge in [-0.1, -0.05) is 73.0 Å². The minimum absolute atomic E-state index is 0.215. The lowest BCUT2D eigenvalue weighted by atomic mass is 10.1. The molecule has 1 saturated heterocycles. The third-order valence-corrected chi connectivity index (χ3v) is 6.56. The van der Waals surface area contributed by atoms with Crippen LogP contribution in [0.4, 0.5) is 0 Å². The Balaban J connectivity index is 2.23. The Morgan fingerprint density at radius 3 is 2.53 bits per heavy atom. The maximum atomic E-state index is 3.82. The Morgan fingerprint density at radius 1 is 1.20 bits per heavy atom. The molecule has 0 saturated carbocycles. The number of hydrogen-bond donors (Lipinski definition) is 0. The lowest BCUT2D eigenvalue weighted by molar-refractivity contribution is 0.727. The van der Waals surface area contributed by atoms with Gasteiger partial charge >= 0.3 is 0 Å². The summed E-state index contributed by atoms with van der Waals surface area (Å²) in [6, 6.07) is 9.83. The van der Waals surface area contributed by atoms with Gasteiger partial charge in [-0.15, -0.1) is 0 Å². The molecular formula is C14H19Si. The molecule has 0 nitrogen and oxygen atoms in total. The first kappa shape index (κ1) is 10.7. The van der Waals surface area contributed by atoms with Gasteiger partial charge in [0, 0.05) is 0 Å². The van der Waals surface area contributed by atoms with E-state index in [1.807, 2.05) is 6.08 Å². The first-order valence-electron chi connectivity index (χ1n) is 5.89. The highest BCUT2D eigenvalue weighted by atomic mass is 28.3. The second-order valence-electron chi connectivity index (χ2n) is 4.44. The quantitative estimate of drug-likeness (QED) is 0.662. The van der Waals surface area contributed by atoms with Gasteiger partial charge in [-0.2, -0.15) is 0 Å². The zero-order valence-electron chi connectivity index (χ0n) is 9.55. The smallest absolute Gasteiger partial charge is 0.0860 e. The predicted octanol–water partition coefficient (Wildman–Crippen LogP) is 3.52. The molecule has 2 rings (SSSR count). The molecule has 1 heteroatoms. The Labute approximate surface area is 94.6 Å². The second-order valence-corrected chi connectivity index (χ2v) is 7.19. The van der Waals surface area contributed by atoms with Gasteiger partial charge in [0.25, 0.3) is 0 Å². The highest BCUT2D eigenvalue weighted by molar-refractivity contribution is 6.73. The van der Waals surface area contributed by atoms with Crippen molar-refractivity contribution in [1.29, 1.82) is 0 Å². The number of hydrogen-bond acceptors (Lipinski definition) is 0. The number of aryl methyl sites for hydroxylation is 1. The fraction of sp³-hybridized carbons (Fsp3) is 0.429. The highest BCUT2D eigenvalue weighted by Crippen LogP contribution is 2.20. The van der Waals surface area contributed by atoms with Crippen molar-refractivity contribution in [3.8, 4) is 0 Å². The van der Waals surface area contributed by atoms with Gasteiger partial charge in [-0.3, -0.25) is 0 Å². The molecule has 15 heavy (non-hydrogen) atoms. The van der Waals surface area contributed by atoms with E-state index in [1.54, 1.807) is 5.19 Å². The normalized spacial score (nSPS) is 17.7. The van der Waals surface area contributed by atoms with Crippen LogP contribution in [0.25, 0.3) is 6.08 Å². The van der Waals surface area contributed by atoms with Crippen LogP contribution in [0, 0.1) is 6.92 Å². The minimum Gasteiger partial charge on any atom is -0.0985 e. The van der Waals surface area contributed by atoms with E-state index in [2.05, 4.69) is 31.7 Å². The zero-order chi connectivity index (χ0) is 10.7. The third kappa shape index (κ3) is 2.40. The molecule has 1 radical (unpaired) electrons. The summed E-state index contributed by atoms with van der Waals surface area (Å²) in [5.41, 5.74) is 2.75. The van der Waals surface area contributed by atoms with Gasteiger partial charge in [0.05, 0.1) is 8.80 Å². The molecule has 79 valence electrons. The Hall–Kier alpha value is -0.823. The van der Waals surface area contributed by atoms with E-state index < -0.39 is 0 Å². The molecule has 0 N–H and O–H groups in total. The fourth-order valence-corrected chi connectivity index (χ4v) is 5.55. The van der Waals surface area contributed by atoms with Crippen molar-refractivity contribution in [2.75, 3.05) is 0 Å². The van der Waals surface area contributed by atoms with Crippen LogP contribution in [-0.4, -0.2) is 8.80 Å². The van der Waals surface area contributed by atoms with Crippen molar-refractivity contribution in [2.24, 2.45) is 0 Å². The standard InChI is InChI=1S/C14H19Si/c1-3-13-7-8-14(12(2)11-13)15-9-5-4-6-10-15/h3,7-8,11H,1,4-6,9-10H2,2H3. The second kappa shape index (κ2) is 4.80. The van der Waals surface area contributed by atoms with Gasteiger partial charge in [-0.05, 0) is 12.5 Å². The summed E-state index contributed by atoms with van der Waals surface area (Å²) < 4.78 is 0. The van der Waals surface area contributed by atoms with E-state index in [4.69, 9.17) is 0 Å². The summed E-state index contributed by atoms with van der Waals surface area (Å²) in [6.45, 7) is 6.08. The number of benzene rings is 1. The molecule has 0 unspecified atom stereocenters. The van der Waals surface area contributed by atoms with Crippen molar-refractivity contribution in [3.05, 3.63) is 35.9 Å². The Kier molecular flexibility index (Phi) is 3.42. The van der Waals surface area contributed by atoms with Gasteiger partial charge in [-0.25, -0.2) is 0 Å². The van der Waals surface area contributed by atoms with Gasteiger partial charge in [0.1, 0.15) is 0 Å². The molecule has 1 aliphatic heterocycles. The van der Waals surface area contributed by atoms with Crippen LogP contribution >= 0.6 is 0 Å². The fourth-order valence-electron chi connectivity index (χ4n) is 2.46. The van der Waals surface area contributed by atoms with Crippen molar-refractivity contribution in [3.63, 3.8) is 0 Å². The SMILES string of the molecule is C=Cc1ccc([Si]2CCCCC2)c(C)c1. The molecule has 0 amide bonds. The van der Waals surface area contributed by atoms with Crippen LogP contribution in [0.3, 0.4) is 0 Å². The maximum Gasteiger partial charge on any atom is 0.0860 e. The summed E-state index contributed by atoms with van der Waals surface area (Å²) >= 11 is 0. The van der Waals surface area contributed by atoms with Gasteiger partial charge in [0.2, 0.25) is 0 Å². The largest absolute Gasteiger partial charge is 0.0985 e. The first-order valence-corrected chi connectivity index (χ1v) is 7.81. The summed E-state index contributed by atoms with van der Waals surface area (Å²) in [5.74, 6) is 0.